The van der Waals surface area contributed by atoms with Crippen molar-refractivity contribution in [1.82, 2.24) is 9.97 Å². The van der Waals surface area contributed by atoms with Crippen LogP contribution in [0, 0.1) is 0 Å². The number of hydrogen-bond acceptors (Lipinski definition) is 2. The topological polar surface area (TPSA) is 25.8 Å². The maximum Gasteiger partial charge on any atom is 0.0972 e. The van der Waals surface area contributed by atoms with Gasteiger partial charge in [-0.25, -0.2) is 9.97 Å². The Labute approximate surface area is 292 Å². The molecule has 0 atom stereocenters. The minimum atomic E-state index is 0.917. The highest BCUT2D eigenvalue weighted by Gasteiger charge is 2.11. The predicted octanol–water partition coefficient (Wildman–Crippen LogP) is 12.8. The minimum absolute atomic E-state index is 0.917. The van der Waals surface area contributed by atoms with Crippen molar-refractivity contribution in [2.75, 3.05) is 0 Å². The highest BCUT2D eigenvalue weighted by molar-refractivity contribution is 6.04. The molecule has 9 aromatic rings. The van der Waals surface area contributed by atoms with Gasteiger partial charge >= 0.3 is 0 Å². The first-order valence-corrected chi connectivity index (χ1v) is 17.0. The van der Waals surface area contributed by atoms with Crippen LogP contribution in [0.1, 0.15) is 0 Å². The molecule has 2 heteroatoms. The molecular weight excluding hydrogens is 605 g/mol. The van der Waals surface area contributed by atoms with E-state index >= 15 is 0 Å². The van der Waals surface area contributed by atoms with Gasteiger partial charge in [0.2, 0.25) is 0 Å². The largest absolute Gasteiger partial charge is 0.245 e. The molecule has 2 heterocycles. The lowest BCUT2D eigenvalue weighted by Crippen LogP contribution is -1.91. The van der Waals surface area contributed by atoms with Crippen LogP contribution in [0.3, 0.4) is 0 Å². The third kappa shape index (κ3) is 5.74. The van der Waals surface area contributed by atoms with Crippen LogP contribution in [0.15, 0.2) is 194 Å². The average molecular weight is 637 g/mol. The van der Waals surface area contributed by atoms with Crippen LogP contribution in [0.5, 0.6) is 0 Å². The summed E-state index contributed by atoms with van der Waals surface area (Å²) in [6, 6.07) is 68.8. The maximum absolute atomic E-state index is 5.18. The summed E-state index contributed by atoms with van der Waals surface area (Å²) in [7, 11) is 0. The van der Waals surface area contributed by atoms with Gasteiger partial charge in [0.25, 0.3) is 0 Å². The van der Waals surface area contributed by atoms with E-state index in [2.05, 4.69) is 176 Å². The molecule has 2 aromatic heterocycles. The molecule has 0 radical (unpaired) electrons. The standard InChI is InChI=1S/C48H32N2/c1-4-10-33(11-5-1)35-16-18-36(19-17-35)43-30-42(34-12-6-2-7-13-34)31-44(32-43)37-20-22-39(23-21-37)46-29-27-41-25-24-40-26-28-45(38-14-8-3-9-15-38)49-47(40)48(41)50-46/h1-32H. The number of pyridine rings is 2. The Kier molecular flexibility index (Phi) is 7.53. The lowest BCUT2D eigenvalue weighted by Gasteiger charge is -2.13. The molecule has 0 spiro atoms. The lowest BCUT2D eigenvalue weighted by atomic mass is 9.92. The first-order valence-electron chi connectivity index (χ1n) is 17.0. The van der Waals surface area contributed by atoms with Crippen molar-refractivity contribution in [3.05, 3.63) is 194 Å². The first-order chi connectivity index (χ1) is 24.7. The van der Waals surface area contributed by atoms with Crippen LogP contribution < -0.4 is 0 Å². The summed E-state index contributed by atoms with van der Waals surface area (Å²) in [6.07, 6.45) is 0. The van der Waals surface area contributed by atoms with Crippen molar-refractivity contribution in [1.29, 1.82) is 0 Å². The van der Waals surface area contributed by atoms with Crippen LogP contribution in [0.4, 0.5) is 0 Å². The smallest absolute Gasteiger partial charge is 0.0972 e. The number of fused-ring (bicyclic) bond motifs is 3. The quantitative estimate of drug-likeness (QED) is 0.170. The highest BCUT2D eigenvalue weighted by atomic mass is 14.8. The zero-order valence-electron chi connectivity index (χ0n) is 27.4. The van der Waals surface area contributed by atoms with Crippen molar-refractivity contribution in [3.63, 3.8) is 0 Å². The van der Waals surface area contributed by atoms with Crippen molar-refractivity contribution >= 4 is 21.8 Å². The summed E-state index contributed by atoms with van der Waals surface area (Å²) in [5.41, 5.74) is 15.4. The molecule has 9 rings (SSSR count). The van der Waals surface area contributed by atoms with Crippen LogP contribution in [0.2, 0.25) is 0 Å². The van der Waals surface area contributed by atoms with Gasteiger partial charge in [0.1, 0.15) is 0 Å². The number of hydrogen-bond donors (Lipinski definition) is 0. The summed E-state index contributed by atoms with van der Waals surface area (Å²) < 4.78 is 0. The molecule has 0 saturated carbocycles. The molecule has 0 saturated heterocycles. The molecule has 0 bridgehead atoms. The monoisotopic (exact) mass is 636 g/mol. The fraction of sp³-hybridized carbons (Fsp3) is 0. The van der Waals surface area contributed by atoms with Crippen LogP contribution in [0.25, 0.3) is 88.8 Å². The number of nitrogens with zero attached hydrogens (tertiary/aromatic N) is 2. The highest BCUT2D eigenvalue weighted by Crippen LogP contribution is 2.35. The summed E-state index contributed by atoms with van der Waals surface area (Å²) in [5, 5.41) is 2.17. The molecule has 234 valence electrons. The third-order valence-electron chi connectivity index (χ3n) is 9.47. The molecular formula is C48H32N2. The van der Waals surface area contributed by atoms with Gasteiger partial charge in [-0.15, -0.1) is 0 Å². The zero-order valence-corrected chi connectivity index (χ0v) is 27.4. The third-order valence-corrected chi connectivity index (χ3v) is 9.47. The van der Waals surface area contributed by atoms with E-state index in [0.29, 0.717) is 0 Å². The average Bonchev–Trinajstić information content (AvgIpc) is 3.21. The van der Waals surface area contributed by atoms with Crippen molar-refractivity contribution in [2.45, 2.75) is 0 Å². The lowest BCUT2D eigenvalue weighted by molar-refractivity contribution is 1.36. The van der Waals surface area contributed by atoms with Gasteiger partial charge in [0, 0.05) is 21.9 Å². The Hall–Kier alpha value is -6.64. The van der Waals surface area contributed by atoms with Crippen LogP contribution >= 0.6 is 0 Å². The van der Waals surface area contributed by atoms with E-state index in [9.17, 15) is 0 Å². The fourth-order valence-electron chi connectivity index (χ4n) is 6.78. The molecule has 0 aliphatic heterocycles. The van der Waals surface area contributed by atoms with E-state index in [1.807, 2.05) is 18.2 Å². The fourth-order valence-corrected chi connectivity index (χ4v) is 6.78. The normalized spacial score (nSPS) is 11.2. The van der Waals surface area contributed by atoms with Gasteiger partial charge < -0.3 is 0 Å². The Bertz CT molecular complexity index is 2590. The predicted molar refractivity (Wildman–Crippen MR) is 210 cm³/mol. The zero-order chi connectivity index (χ0) is 33.3. The van der Waals surface area contributed by atoms with E-state index in [-0.39, 0.29) is 0 Å². The second-order valence-electron chi connectivity index (χ2n) is 12.7. The SMILES string of the molecule is c1ccc(-c2ccc(-c3cc(-c4ccccc4)cc(-c4ccc(-c5ccc6ccc7ccc(-c8ccccc8)nc7c6n5)cc4)c3)cc2)cc1. The molecule has 0 unspecified atom stereocenters. The molecule has 0 N–H and O–H groups in total. The molecule has 0 amide bonds. The molecule has 7 aromatic carbocycles. The molecule has 0 aliphatic rings. The Morgan fingerprint density at radius 2 is 0.500 bits per heavy atom. The van der Waals surface area contributed by atoms with Gasteiger partial charge in [0.15, 0.2) is 0 Å². The van der Waals surface area contributed by atoms with Crippen molar-refractivity contribution < 1.29 is 0 Å². The van der Waals surface area contributed by atoms with E-state index in [1.54, 1.807) is 0 Å². The maximum atomic E-state index is 5.18. The summed E-state index contributed by atoms with van der Waals surface area (Å²) in [6.45, 7) is 0. The van der Waals surface area contributed by atoms with E-state index < -0.39 is 0 Å². The van der Waals surface area contributed by atoms with Gasteiger partial charge in [-0.05, 0) is 74.8 Å². The number of aromatic nitrogens is 2. The Morgan fingerprint density at radius 1 is 0.220 bits per heavy atom. The van der Waals surface area contributed by atoms with Gasteiger partial charge in [-0.2, -0.15) is 0 Å². The van der Waals surface area contributed by atoms with Crippen LogP contribution in [-0.2, 0) is 0 Å². The minimum Gasteiger partial charge on any atom is -0.245 e. The molecule has 0 aliphatic carbocycles. The van der Waals surface area contributed by atoms with Crippen LogP contribution in [-0.4, -0.2) is 9.97 Å². The Morgan fingerprint density at radius 3 is 0.920 bits per heavy atom. The van der Waals surface area contributed by atoms with Crippen molar-refractivity contribution in [2.24, 2.45) is 0 Å². The first kappa shape index (κ1) is 29.5. The summed E-state index contributed by atoms with van der Waals surface area (Å²) in [5.74, 6) is 0. The summed E-state index contributed by atoms with van der Waals surface area (Å²) >= 11 is 0. The second kappa shape index (κ2) is 12.8. The number of benzene rings is 7. The van der Waals surface area contributed by atoms with Crippen molar-refractivity contribution in [3.8, 4) is 67.0 Å². The van der Waals surface area contributed by atoms with Gasteiger partial charge in [-0.3, -0.25) is 0 Å². The molecule has 2 nitrogen and oxygen atoms in total. The Balaban J connectivity index is 1.09. The molecule has 50 heavy (non-hydrogen) atoms. The second-order valence-corrected chi connectivity index (χ2v) is 12.7. The summed E-state index contributed by atoms with van der Waals surface area (Å²) in [4.78, 5) is 10.3. The van der Waals surface area contributed by atoms with Gasteiger partial charge in [0.05, 0.1) is 22.4 Å². The number of rotatable bonds is 6. The van der Waals surface area contributed by atoms with E-state index in [0.717, 1.165) is 49.9 Å². The van der Waals surface area contributed by atoms with Gasteiger partial charge in [-0.1, -0.05) is 164 Å². The van der Waals surface area contributed by atoms with E-state index in [1.165, 1.54) is 38.9 Å². The molecule has 0 fully saturated rings. The van der Waals surface area contributed by atoms with E-state index in [4.69, 9.17) is 9.97 Å².